The molecule has 15 heavy (non-hydrogen) atoms. The predicted molar refractivity (Wildman–Crippen MR) is 42.0 cm³/mol. The molecular weight excluding hydrogens is 239 g/mol. The minimum absolute atomic E-state index is 0. The Bertz CT molecular complexity index is 279. The van der Waals surface area contributed by atoms with Crippen LogP contribution < -0.4 is 29.6 Å². The molecule has 0 bridgehead atoms. The van der Waals surface area contributed by atoms with E-state index in [1.54, 1.807) is 0 Å². The molecule has 0 amide bonds. The molecule has 1 saturated heterocycles. The molecule has 84 valence electrons. The normalized spacial score (nSPS) is 32.1. The van der Waals surface area contributed by atoms with Crippen molar-refractivity contribution in [1.82, 2.24) is 0 Å². The van der Waals surface area contributed by atoms with Gasteiger partial charge >= 0.3 is 29.6 Å². The van der Waals surface area contributed by atoms with Crippen molar-refractivity contribution in [2.75, 3.05) is 13.2 Å². The molecule has 2 N–H and O–H groups in total. The SMILES string of the molecule is O=S(=O)([O-])OCC1CC(O)C(O)CO1.[Na+]. The molecule has 1 fully saturated rings. The zero-order valence-corrected chi connectivity index (χ0v) is 11.0. The van der Waals surface area contributed by atoms with Gasteiger partial charge in [0.05, 0.1) is 25.4 Å². The standard InChI is InChI=1S/C6H12O7S.Na/c7-5-1-4(12-3-6(5)8)2-13-14(9,10)11;/h4-8H,1-3H2,(H,9,10,11);/q;+1/p-1. The number of aliphatic hydroxyl groups excluding tert-OH is 2. The van der Waals surface area contributed by atoms with E-state index < -0.39 is 35.3 Å². The van der Waals surface area contributed by atoms with Crippen LogP contribution in [0.15, 0.2) is 0 Å². The Balaban J connectivity index is 0.00000196. The molecule has 3 unspecified atom stereocenters. The summed E-state index contributed by atoms with van der Waals surface area (Å²) < 4.78 is 39.1. The van der Waals surface area contributed by atoms with Gasteiger partial charge in [0.15, 0.2) is 0 Å². The van der Waals surface area contributed by atoms with Gasteiger partial charge in [0.25, 0.3) is 0 Å². The van der Waals surface area contributed by atoms with Gasteiger partial charge in [-0.1, -0.05) is 0 Å². The first-order chi connectivity index (χ1) is 6.38. The van der Waals surface area contributed by atoms with E-state index >= 15 is 0 Å². The minimum Gasteiger partial charge on any atom is -0.726 e. The molecule has 0 saturated carbocycles. The van der Waals surface area contributed by atoms with Crippen molar-refractivity contribution >= 4 is 10.4 Å². The second-order valence-electron chi connectivity index (χ2n) is 3.02. The Morgan fingerprint density at radius 1 is 1.40 bits per heavy atom. The first kappa shape index (κ1) is 15.8. The number of ether oxygens (including phenoxy) is 1. The molecule has 0 aromatic rings. The van der Waals surface area contributed by atoms with E-state index in [9.17, 15) is 13.0 Å². The molecular formula is C6H11NaO7S. The molecule has 1 aliphatic heterocycles. The number of aliphatic hydroxyl groups is 2. The molecule has 0 aromatic carbocycles. The third kappa shape index (κ3) is 6.15. The summed E-state index contributed by atoms with van der Waals surface area (Å²) in [7, 11) is -4.73. The number of hydrogen-bond donors (Lipinski definition) is 2. The maximum atomic E-state index is 10.1. The average Bonchev–Trinajstić information content (AvgIpc) is 2.06. The van der Waals surface area contributed by atoms with Crippen molar-refractivity contribution in [3.63, 3.8) is 0 Å². The van der Waals surface area contributed by atoms with Gasteiger partial charge in [-0.15, -0.1) is 0 Å². The summed E-state index contributed by atoms with van der Waals surface area (Å²) in [6, 6.07) is 0. The summed E-state index contributed by atoms with van der Waals surface area (Å²) in [4.78, 5) is 0. The van der Waals surface area contributed by atoms with Crippen LogP contribution in [0.1, 0.15) is 6.42 Å². The van der Waals surface area contributed by atoms with E-state index in [4.69, 9.17) is 14.9 Å². The van der Waals surface area contributed by atoms with Gasteiger partial charge in [-0.3, -0.25) is 4.18 Å². The van der Waals surface area contributed by atoms with E-state index in [0.29, 0.717) is 0 Å². The van der Waals surface area contributed by atoms with E-state index in [1.165, 1.54) is 0 Å². The van der Waals surface area contributed by atoms with E-state index in [2.05, 4.69) is 4.18 Å². The second kappa shape index (κ2) is 6.48. The Morgan fingerprint density at radius 2 is 2.00 bits per heavy atom. The summed E-state index contributed by atoms with van der Waals surface area (Å²) in [5.41, 5.74) is 0. The maximum absolute atomic E-state index is 10.1. The molecule has 0 radical (unpaired) electrons. The van der Waals surface area contributed by atoms with Crippen molar-refractivity contribution in [2.45, 2.75) is 24.7 Å². The van der Waals surface area contributed by atoms with Crippen molar-refractivity contribution in [3.8, 4) is 0 Å². The van der Waals surface area contributed by atoms with Crippen LogP contribution in [-0.4, -0.2) is 54.7 Å². The second-order valence-corrected chi connectivity index (χ2v) is 4.07. The molecule has 9 heteroatoms. The molecule has 1 heterocycles. The van der Waals surface area contributed by atoms with Crippen LogP contribution in [0.3, 0.4) is 0 Å². The van der Waals surface area contributed by atoms with Crippen molar-refractivity contribution in [2.24, 2.45) is 0 Å². The fourth-order valence-corrected chi connectivity index (χ4v) is 1.43. The van der Waals surface area contributed by atoms with Crippen LogP contribution in [0, 0.1) is 0 Å². The fraction of sp³-hybridized carbons (Fsp3) is 1.00. The molecule has 1 rings (SSSR count). The van der Waals surface area contributed by atoms with E-state index in [1.807, 2.05) is 0 Å². The zero-order valence-electron chi connectivity index (χ0n) is 8.20. The van der Waals surface area contributed by atoms with Gasteiger partial charge in [-0.25, -0.2) is 8.42 Å². The van der Waals surface area contributed by atoms with Crippen molar-refractivity contribution in [3.05, 3.63) is 0 Å². The summed E-state index contributed by atoms with van der Waals surface area (Å²) in [6.07, 6.45) is -2.60. The quantitative estimate of drug-likeness (QED) is 0.292. The third-order valence-corrected chi connectivity index (χ3v) is 2.27. The van der Waals surface area contributed by atoms with Gasteiger partial charge in [0.1, 0.15) is 6.10 Å². The zero-order chi connectivity index (χ0) is 10.8. The molecule has 0 aromatic heterocycles. The number of hydrogen-bond acceptors (Lipinski definition) is 7. The van der Waals surface area contributed by atoms with Gasteiger partial charge in [-0.05, 0) is 0 Å². The van der Waals surface area contributed by atoms with Crippen molar-refractivity contribution < 1.29 is 61.7 Å². The van der Waals surface area contributed by atoms with Gasteiger partial charge in [0.2, 0.25) is 10.4 Å². The molecule has 7 nitrogen and oxygen atoms in total. The van der Waals surface area contributed by atoms with Crippen LogP contribution in [-0.2, 0) is 19.3 Å². The summed E-state index contributed by atoms with van der Waals surface area (Å²) >= 11 is 0. The summed E-state index contributed by atoms with van der Waals surface area (Å²) in [5.74, 6) is 0. The smallest absolute Gasteiger partial charge is 0.726 e. The van der Waals surface area contributed by atoms with Gasteiger partial charge in [0, 0.05) is 6.42 Å². The van der Waals surface area contributed by atoms with Gasteiger partial charge < -0.3 is 19.5 Å². The van der Waals surface area contributed by atoms with Crippen LogP contribution in [0.2, 0.25) is 0 Å². The summed E-state index contributed by atoms with van der Waals surface area (Å²) in [5, 5.41) is 18.2. The van der Waals surface area contributed by atoms with E-state index in [0.717, 1.165) is 0 Å². The Morgan fingerprint density at radius 3 is 2.47 bits per heavy atom. The van der Waals surface area contributed by atoms with Crippen LogP contribution >= 0.6 is 0 Å². The van der Waals surface area contributed by atoms with Crippen LogP contribution in [0.25, 0.3) is 0 Å². The van der Waals surface area contributed by atoms with Crippen LogP contribution in [0.4, 0.5) is 0 Å². The minimum atomic E-state index is -4.73. The fourth-order valence-electron chi connectivity index (χ4n) is 1.12. The monoisotopic (exact) mass is 250 g/mol. The molecule has 3 atom stereocenters. The Labute approximate surface area is 110 Å². The molecule has 0 spiro atoms. The Hall–Kier alpha value is 0.750. The predicted octanol–water partition coefficient (Wildman–Crippen LogP) is -5.02. The summed E-state index contributed by atoms with van der Waals surface area (Å²) in [6.45, 7) is -0.538. The third-order valence-electron chi connectivity index (χ3n) is 1.85. The topological polar surface area (TPSA) is 116 Å². The number of rotatable bonds is 3. The first-order valence-corrected chi connectivity index (χ1v) is 5.30. The van der Waals surface area contributed by atoms with Crippen molar-refractivity contribution in [1.29, 1.82) is 0 Å². The Kier molecular flexibility index (Phi) is 6.80. The molecule has 1 aliphatic rings. The first-order valence-electron chi connectivity index (χ1n) is 3.96. The maximum Gasteiger partial charge on any atom is 1.00 e. The average molecular weight is 250 g/mol. The van der Waals surface area contributed by atoms with Crippen LogP contribution in [0.5, 0.6) is 0 Å². The van der Waals surface area contributed by atoms with Gasteiger partial charge in [-0.2, -0.15) is 0 Å². The largest absolute Gasteiger partial charge is 1.00 e. The molecule has 0 aliphatic carbocycles. The van der Waals surface area contributed by atoms with E-state index in [-0.39, 0.29) is 42.6 Å².